The van der Waals surface area contributed by atoms with Gasteiger partial charge in [-0.1, -0.05) is 18.2 Å². The van der Waals surface area contributed by atoms with Gasteiger partial charge in [0.1, 0.15) is 0 Å². The molecule has 96 valence electrons. The van der Waals surface area contributed by atoms with E-state index >= 15 is 0 Å². The average molecular weight is 315 g/mol. The third-order valence-corrected chi connectivity index (χ3v) is 4.46. The summed E-state index contributed by atoms with van der Waals surface area (Å²) in [4.78, 5) is 0. The largest absolute Gasteiger partial charge is 0.388 e. The molecule has 2 nitrogen and oxygen atoms in total. The summed E-state index contributed by atoms with van der Waals surface area (Å²) in [5.41, 5.74) is 6.06. The van der Waals surface area contributed by atoms with Crippen LogP contribution in [0.2, 0.25) is 0 Å². The lowest BCUT2D eigenvalue weighted by Gasteiger charge is -2.06. The van der Waals surface area contributed by atoms with Gasteiger partial charge in [0.05, 0.1) is 11.2 Å². The number of fused-ring (bicyclic) bond motifs is 1. The van der Waals surface area contributed by atoms with Crippen molar-refractivity contribution in [2.75, 3.05) is 12.4 Å². The molecule has 0 fully saturated rings. The lowest BCUT2D eigenvalue weighted by molar-refractivity contribution is 1.19. The number of nitrogens with zero attached hydrogens (tertiary/aromatic N) is 1. The van der Waals surface area contributed by atoms with Gasteiger partial charge in [0.2, 0.25) is 0 Å². The van der Waals surface area contributed by atoms with Gasteiger partial charge in [0.15, 0.2) is 0 Å². The molecule has 0 aliphatic rings. The minimum atomic E-state index is 1.13. The number of rotatable bonds is 2. The Morgan fingerprint density at radius 2 is 1.79 bits per heavy atom. The molecule has 0 spiro atoms. The first-order chi connectivity index (χ1) is 9.22. The van der Waals surface area contributed by atoms with Gasteiger partial charge in [-0.15, -0.1) is 0 Å². The molecule has 1 aromatic carbocycles. The fourth-order valence-electron chi connectivity index (χ4n) is 2.44. The van der Waals surface area contributed by atoms with E-state index in [1.54, 1.807) is 0 Å². The number of hydrogen-bond donors (Lipinski definition) is 1. The second kappa shape index (κ2) is 4.74. The Balaban J connectivity index is 2.26. The number of halogens is 1. The highest BCUT2D eigenvalue weighted by Crippen LogP contribution is 2.34. The number of nitrogens with one attached hydrogen (secondary N) is 1. The van der Waals surface area contributed by atoms with Crippen molar-refractivity contribution in [2.45, 2.75) is 6.92 Å². The van der Waals surface area contributed by atoms with Crippen molar-refractivity contribution in [1.29, 1.82) is 0 Å². The van der Waals surface area contributed by atoms with Gasteiger partial charge >= 0.3 is 0 Å². The van der Waals surface area contributed by atoms with Crippen LogP contribution >= 0.6 is 15.9 Å². The first-order valence-corrected chi connectivity index (χ1v) is 7.05. The summed E-state index contributed by atoms with van der Waals surface area (Å²) in [6.07, 6.45) is 2.11. The van der Waals surface area contributed by atoms with Crippen LogP contribution in [0.1, 0.15) is 5.56 Å². The van der Waals surface area contributed by atoms with E-state index in [0.717, 1.165) is 5.69 Å². The standard InChI is InChI=1S/C16H15BrN2/c1-11-15(17)14-5-3-4-10-19(14)16(11)12-6-8-13(18-2)9-7-12/h3-10,18H,1-2H3. The summed E-state index contributed by atoms with van der Waals surface area (Å²) in [5.74, 6) is 0. The molecule has 3 aromatic rings. The normalized spacial score (nSPS) is 10.9. The lowest BCUT2D eigenvalue weighted by Crippen LogP contribution is -1.90. The first-order valence-electron chi connectivity index (χ1n) is 6.25. The fraction of sp³-hybridized carbons (Fsp3) is 0.125. The van der Waals surface area contributed by atoms with Crippen molar-refractivity contribution in [2.24, 2.45) is 0 Å². The van der Waals surface area contributed by atoms with Crippen molar-refractivity contribution in [3.63, 3.8) is 0 Å². The number of benzene rings is 1. The predicted octanol–water partition coefficient (Wildman–Crippen LogP) is 4.72. The van der Waals surface area contributed by atoms with Crippen LogP contribution in [0.15, 0.2) is 53.1 Å². The maximum absolute atomic E-state index is 3.69. The van der Waals surface area contributed by atoms with Crippen LogP contribution in [0.4, 0.5) is 5.69 Å². The Bertz CT molecular complexity index is 726. The molecule has 19 heavy (non-hydrogen) atoms. The van der Waals surface area contributed by atoms with Crippen LogP contribution in [-0.4, -0.2) is 11.4 Å². The number of pyridine rings is 1. The van der Waals surface area contributed by atoms with Gasteiger partial charge in [0, 0.05) is 23.4 Å². The molecule has 0 atom stereocenters. The van der Waals surface area contributed by atoms with Gasteiger partial charge in [-0.25, -0.2) is 0 Å². The quantitative estimate of drug-likeness (QED) is 0.724. The molecule has 0 bridgehead atoms. The molecule has 0 radical (unpaired) electrons. The average Bonchev–Trinajstić information content (AvgIpc) is 2.72. The third-order valence-electron chi connectivity index (χ3n) is 3.46. The Labute approximate surface area is 121 Å². The molecule has 0 aliphatic heterocycles. The Hall–Kier alpha value is -1.74. The van der Waals surface area contributed by atoms with Crippen molar-refractivity contribution in [3.8, 4) is 11.3 Å². The van der Waals surface area contributed by atoms with E-state index in [1.807, 2.05) is 7.05 Å². The van der Waals surface area contributed by atoms with E-state index in [1.165, 1.54) is 26.8 Å². The van der Waals surface area contributed by atoms with E-state index in [2.05, 4.69) is 81.2 Å². The van der Waals surface area contributed by atoms with Crippen LogP contribution in [0.25, 0.3) is 16.8 Å². The molecule has 3 rings (SSSR count). The molecule has 0 saturated carbocycles. The van der Waals surface area contributed by atoms with Crippen LogP contribution in [0, 0.1) is 6.92 Å². The zero-order valence-electron chi connectivity index (χ0n) is 10.9. The summed E-state index contributed by atoms with van der Waals surface area (Å²) in [6, 6.07) is 14.8. The summed E-state index contributed by atoms with van der Waals surface area (Å²) in [6.45, 7) is 2.15. The van der Waals surface area contributed by atoms with Gasteiger partial charge < -0.3 is 9.72 Å². The number of aromatic nitrogens is 1. The molecular formula is C16H15BrN2. The maximum atomic E-state index is 3.69. The number of anilines is 1. The van der Waals surface area contributed by atoms with Crippen LogP contribution in [0.5, 0.6) is 0 Å². The van der Waals surface area contributed by atoms with E-state index in [0.29, 0.717) is 0 Å². The highest BCUT2D eigenvalue weighted by Gasteiger charge is 2.13. The van der Waals surface area contributed by atoms with E-state index in [4.69, 9.17) is 0 Å². The molecule has 0 aliphatic carbocycles. The monoisotopic (exact) mass is 314 g/mol. The minimum Gasteiger partial charge on any atom is -0.388 e. The summed E-state index contributed by atoms with van der Waals surface area (Å²) in [7, 11) is 1.93. The lowest BCUT2D eigenvalue weighted by atomic mass is 10.1. The molecule has 0 unspecified atom stereocenters. The molecule has 0 saturated heterocycles. The summed E-state index contributed by atoms with van der Waals surface area (Å²) in [5, 5.41) is 3.15. The first kappa shape index (κ1) is 12.3. The van der Waals surface area contributed by atoms with Gasteiger partial charge in [-0.3, -0.25) is 0 Å². The van der Waals surface area contributed by atoms with E-state index < -0.39 is 0 Å². The van der Waals surface area contributed by atoms with Crippen molar-refractivity contribution in [1.82, 2.24) is 4.40 Å². The van der Waals surface area contributed by atoms with Gasteiger partial charge in [0.25, 0.3) is 0 Å². The molecule has 2 aromatic heterocycles. The Morgan fingerprint density at radius 1 is 1.05 bits per heavy atom. The zero-order valence-corrected chi connectivity index (χ0v) is 12.5. The van der Waals surface area contributed by atoms with E-state index in [9.17, 15) is 0 Å². The maximum Gasteiger partial charge on any atom is 0.0601 e. The second-order valence-electron chi connectivity index (χ2n) is 4.57. The number of hydrogen-bond acceptors (Lipinski definition) is 1. The van der Waals surface area contributed by atoms with E-state index in [-0.39, 0.29) is 0 Å². The fourth-order valence-corrected chi connectivity index (χ4v) is 2.96. The highest BCUT2D eigenvalue weighted by molar-refractivity contribution is 9.10. The Kier molecular flexibility index (Phi) is 3.07. The van der Waals surface area contributed by atoms with Crippen molar-refractivity contribution < 1.29 is 0 Å². The van der Waals surface area contributed by atoms with Crippen molar-refractivity contribution >= 4 is 27.1 Å². The smallest absolute Gasteiger partial charge is 0.0601 e. The molecule has 3 heteroatoms. The SMILES string of the molecule is CNc1ccc(-c2c(C)c(Br)c3ccccn23)cc1. The molecule has 0 amide bonds. The highest BCUT2D eigenvalue weighted by atomic mass is 79.9. The van der Waals surface area contributed by atoms with Crippen LogP contribution in [-0.2, 0) is 0 Å². The van der Waals surface area contributed by atoms with Crippen molar-refractivity contribution in [3.05, 3.63) is 58.7 Å². The van der Waals surface area contributed by atoms with Crippen LogP contribution < -0.4 is 5.32 Å². The Morgan fingerprint density at radius 3 is 2.47 bits per heavy atom. The summed E-state index contributed by atoms with van der Waals surface area (Å²) >= 11 is 3.69. The molecular weight excluding hydrogens is 300 g/mol. The van der Waals surface area contributed by atoms with Gasteiger partial charge in [-0.2, -0.15) is 0 Å². The predicted molar refractivity (Wildman–Crippen MR) is 84.8 cm³/mol. The second-order valence-corrected chi connectivity index (χ2v) is 5.36. The van der Waals surface area contributed by atoms with Gasteiger partial charge in [-0.05, 0) is 58.2 Å². The molecule has 1 N–H and O–H groups in total. The third kappa shape index (κ3) is 1.94. The minimum absolute atomic E-state index is 1.13. The zero-order chi connectivity index (χ0) is 13.4. The molecule has 2 heterocycles. The van der Waals surface area contributed by atoms with Crippen LogP contribution in [0.3, 0.4) is 0 Å². The summed E-state index contributed by atoms with van der Waals surface area (Å²) < 4.78 is 3.40. The topological polar surface area (TPSA) is 16.4 Å².